The summed E-state index contributed by atoms with van der Waals surface area (Å²) in [6.07, 6.45) is 6.25. The van der Waals surface area contributed by atoms with Crippen molar-refractivity contribution in [1.82, 2.24) is 9.96 Å². The molecule has 100 valence electrons. The van der Waals surface area contributed by atoms with E-state index in [0.717, 1.165) is 42.8 Å². The van der Waals surface area contributed by atoms with Crippen LogP contribution >= 0.6 is 0 Å². The molecule has 4 atom stereocenters. The molecule has 18 heavy (non-hydrogen) atoms. The molecule has 0 amide bonds. The van der Waals surface area contributed by atoms with Gasteiger partial charge >= 0.3 is 6.02 Å². The molecule has 1 aliphatic heterocycles. The van der Waals surface area contributed by atoms with Gasteiger partial charge in [0, 0.05) is 13.1 Å². The van der Waals surface area contributed by atoms with E-state index in [4.69, 9.17) is 4.84 Å². The highest BCUT2D eigenvalue weighted by atomic mass is 16.7. The molecule has 2 bridgehead atoms. The maximum Gasteiger partial charge on any atom is 0.464 e. The number of hydrogen-bond donors (Lipinski definition) is 0. The van der Waals surface area contributed by atoms with Crippen molar-refractivity contribution < 1.29 is 9.41 Å². The number of rotatable bonds is 1. The number of nitrogens with zero attached hydrogens (tertiary/aromatic N) is 3. The van der Waals surface area contributed by atoms with Gasteiger partial charge < -0.3 is 4.84 Å². The predicted molar refractivity (Wildman–Crippen MR) is 71.2 cm³/mol. The Morgan fingerprint density at radius 3 is 2.17 bits per heavy atom. The topological polar surface area (TPSA) is 18.7 Å². The van der Waals surface area contributed by atoms with E-state index in [2.05, 4.69) is 17.2 Å². The van der Waals surface area contributed by atoms with E-state index < -0.39 is 0 Å². The van der Waals surface area contributed by atoms with Crippen molar-refractivity contribution in [2.24, 2.45) is 23.7 Å². The number of hydroxylamine groups is 2. The first-order valence-electron chi connectivity index (χ1n) is 6.89. The molecule has 1 saturated heterocycles. The third kappa shape index (κ3) is 1.83. The second kappa shape index (κ2) is 4.26. The average Bonchev–Trinajstić information content (AvgIpc) is 2.96. The van der Waals surface area contributed by atoms with Gasteiger partial charge in [0.15, 0.2) is 0 Å². The number of allylic oxidation sites excluding steroid dienone is 2. The maximum atomic E-state index is 6.07. The van der Waals surface area contributed by atoms with Gasteiger partial charge in [0.25, 0.3) is 0 Å². The Hall–Kier alpha value is -1.03. The minimum absolute atomic E-state index is 0.816. The van der Waals surface area contributed by atoms with E-state index in [-0.39, 0.29) is 0 Å². The Morgan fingerprint density at radius 1 is 1.17 bits per heavy atom. The van der Waals surface area contributed by atoms with Crippen LogP contribution in [-0.2, 0) is 4.84 Å². The van der Waals surface area contributed by atoms with Gasteiger partial charge in [0.2, 0.25) is 0 Å². The molecule has 0 N–H and O–H groups in total. The van der Waals surface area contributed by atoms with Gasteiger partial charge in [-0.1, -0.05) is 12.2 Å². The molecule has 1 saturated carbocycles. The fourth-order valence-electron chi connectivity index (χ4n) is 3.87. The summed E-state index contributed by atoms with van der Waals surface area (Å²) in [7, 11) is 8.10. The summed E-state index contributed by atoms with van der Waals surface area (Å²) in [5.41, 5.74) is 0. The van der Waals surface area contributed by atoms with Crippen molar-refractivity contribution in [1.29, 1.82) is 0 Å². The first-order chi connectivity index (χ1) is 8.56. The third-order valence-corrected chi connectivity index (χ3v) is 4.60. The molecule has 4 heteroatoms. The van der Waals surface area contributed by atoms with E-state index in [1.807, 2.05) is 37.7 Å². The molecule has 0 aromatic heterocycles. The van der Waals surface area contributed by atoms with Crippen LogP contribution in [0.25, 0.3) is 0 Å². The summed E-state index contributed by atoms with van der Waals surface area (Å²) in [6.45, 7) is 2.17. The van der Waals surface area contributed by atoms with Crippen molar-refractivity contribution in [3.05, 3.63) is 12.2 Å². The first kappa shape index (κ1) is 12.0. The lowest BCUT2D eigenvalue weighted by molar-refractivity contribution is -0.486. The number of amidine groups is 1. The summed E-state index contributed by atoms with van der Waals surface area (Å²) in [5.74, 6) is 3.28. The Bertz CT molecular complexity index is 378. The van der Waals surface area contributed by atoms with Crippen LogP contribution in [0.3, 0.4) is 0 Å². The normalized spacial score (nSPS) is 36.9. The Kier molecular flexibility index (Phi) is 2.85. The van der Waals surface area contributed by atoms with Crippen LogP contribution in [-0.4, -0.2) is 61.8 Å². The largest absolute Gasteiger partial charge is 0.464 e. The van der Waals surface area contributed by atoms with Crippen molar-refractivity contribution >= 4 is 6.02 Å². The number of hydrogen-bond acceptors (Lipinski definition) is 2. The zero-order chi connectivity index (χ0) is 12.9. The average molecular weight is 250 g/mol. The Balaban J connectivity index is 1.66. The molecule has 2 aliphatic carbocycles. The zero-order valence-electron chi connectivity index (χ0n) is 11.8. The molecule has 4 nitrogen and oxygen atoms in total. The molecule has 0 spiro atoms. The van der Waals surface area contributed by atoms with Crippen molar-refractivity contribution in [2.45, 2.75) is 6.42 Å². The van der Waals surface area contributed by atoms with Gasteiger partial charge in [-0.15, -0.1) is 5.06 Å². The molecule has 3 aliphatic rings. The summed E-state index contributed by atoms with van der Waals surface area (Å²) in [6, 6.07) is 0.912. The van der Waals surface area contributed by atoms with Crippen LogP contribution in [0.1, 0.15) is 6.42 Å². The van der Waals surface area contributed by atoms with E-state index in [1.165, 1.54) is 6.42 Å². The lowest BCUT2D eigenvalue weighted by Crippen LogP contribution is -2.38. The van der Waals surface area contributed by atoms with E-state index in [0.29, 0.717) is 0 Å². The second-order valence-corrected chi connectivity index (χ2v) is 6.29. The summed E-state index contributed by atoms with van der Waals surface area (Å²) in [4.78, 5) is 8.10. The van der Waals surface area contributed by atoms with Crippen LogP contribution in [0.15, 0.2) is 12.2 Å². The summed E-state index contributed by atoms with van der Waals surface area (Å²) < 4.78 is 2.03. The van der Waals surface area contributed by atoms with E-state index in [9.17, 15) is 0 Å². The summed E-state index contributed by atoms with van der Waals surface area (Å²) in [5, 5.41) is 2.16. The van der Waals surface area contributed by atoms with Crippen LogP contribution < -0.4 is 0 Å². The van der Waals surface area contributed by atoms with Gasteiger partial charge in [0.05, 0.1) is 28.2 Å². The molecule has 0 radical (unpaired) electrons. The molecule has 0 unspecified atom stereocenters. The lowest BCUT2D eigenvalue weighted by Gasteiger charge is -2.20. The molecular formula is C14H24N3O+. The van der Waals surface area contributed by atoms with E-state index >= 15 is 0 Å². The van der Waals surface area contributed by atoms with Gasteiger partial charge in [-0.25, -0.2) is 9.48 Å². The minimum Gasteiger partial charge on any atom is -0.332 e. The predicted octanol–water partition coefficient (Wildman–Crippen LogP) is 0.862. The fourth-order valence-corrected chi connectivity index (χ4v) is 3.87. The molecular weight excluding hydrogens is 226 g/mol. The van der Waals surface area contributed by atoms with Crippen LogP contribution in [0.4, 0.5) is 0 Å². The molecule has 0 aromatic rings. The minimum atomic E-state index is 0.816. The fraction of sp³-hybridized carbons (Fsp3) is 0.786. The highest BCUT2D eigenvalue weighted by Gasteiger charge is 2.50. The zero-order valence-corrected chi connectivity index (χ0v) is 11.8. The van der Waals surface area contributed by atoms with Crippen molar-refractivity contribution in [3.8, 4) is 0 Å². The quantitative estimate of drug-likeness (QED) is 0.298. The van der Waals surface area contributed by atoms with Gasteiger partial charge in [-0.05, 0) is 30.1 Å². The van der Waals surface area contributed by atoms with Gasteiger partial charge in [-0.3, -0.25) is 0 Å². The SMILES string of the molecule is CN(C)C(ON1C[C@@H]2[C@H](C1)[C@H]1C=C[C@@H]2C1)=[N+](C)C. The standard InChI is InChI=1S/C14H24N3O/c1-15(2)14(16(3)4)18-17-8-12-10-5-6-11(7-10)13(12)9-17/h5-6,10-13H,7-9H2,1-4H3/q+1/t10-,11+,12+,13-. The van der Waals surface area contributed by atoms with E-state index in [1.54, 1.807) is 0 Å². The molecule has 2 fully saturated rings. The Labute approximate surface area is 109 Å². The highest BCUT2D eigenvalue weighted by Crippen LogP contribution is 2.51. The molecule has 0 aromatic carbocycles. The first-order valence-corrected chi connectivity index (χ1v) is 6.89. The highest BCUT2D eigenvalue weighted by molar-refractivity contribution is 5.67. The second-order valence-electron chi connectivity index (χ2n) is 6.29. The Morgan fingerprint density at radius 2 is 1.72 bits per heavy atom. The van der Waals surface area contributed by atoms with Gasteiger partial charge in [0.1, 0.15) is 0 Å². The molecule has 3 rings (SSSR count). The lowest BCUT2D eigenvalue weighted by atomic mass is 9.86. The van der Waals surface area contributed by atoms with Crippen molar-refractivity contribution in [3.63, 3.8) is 0 Å². The van der Waals surface area contributed by atoms with Crippen LogP contribution in [0.5, 0.6) is 0 Å². The monoisotopic (exact) mass is 250 g/mol. The summed E-state index contributed by atoms with van der Waals surface area (Å²) >= 11 is 0. The van der Waals surface area contributed by atoms with Gasteiger partial charge in [-0.2, -0.15) is 0 Å². The van der Waals surface area contributed by atoms with Crippen LogP contribution in [0, 0.1) is 23.7 Å². The molecule has 1 heterocycles. The smallest absolute Gasteiger partial charge is 0.332 e. The van der Waals surface area contributed by atoms with Crippen LogP contribution in [0.2, 0.25) is 0 Å². The maximum absolute atomic E-state index is 6.07. The number of fused-ring (bicyclic) bond motifs is 5. The van der Waals surface area contributed by atoms with Crippen molar-refractivity contribution in [2.75, 3.05) is 41.3 Å². The third-order valence-electron chi connectivity index (χ3n) is 4.60.